The fraction of sp³-hybridized carbons (Fsp3) is 0.111. The monoisotopic (exact) mass is 392 g/mol. The van der Waals surface area contributed by atoms with Crippen LogP contribution < -0.4 is 4.74 Å². The van der Waals surface area contributed by atoms with E-state index in [9.17, 15) is 0 Å². The first-order chi connectivity index (χ1) is 14.6. The molecule has 0 atom stereocenters. The Morgan fingerprint density at radius 3 is 1.73 bits per heavy atom. The number of aromatic nitrogens is 2. The largest absolute Gasteiger partial charge is 0.497 e. The molecule has 30 heavy (non-hydrogen) atoms. The van der Waals surface area contributed by atoms with Crippen LogP contribution in [0.4, 0.5) is 0 Å². The third-order valence-electron chi connectivity index (χ3n) is 5.07. The highest BCUT2D eigenvalue weighted by atomic mass is 16.5. The van der Waals surface area contributed by atoms with Crippen molar-refractivity contribution in [1.82, 2.24) is 9.97 Å². The summed E-state index contributed by atoms with van der Waals surface area (Å²) >= 11 is 0. The van der Waals surface area contributed by atoms with Crippen LogP contribution in [0.1, 0.15) is 27.9 Å². The quantitative estimate of drug-likeness (QED) is 0.396. The first kappa shape index (κ1) is 19.6. The van der Waals surface area contributed by atoms with Gasteiger partial charge in [-0.15, -0.1) is 0 Å². The zero-order valence-electron chi connectivity index (χ0n) is 17.5. The van der Waals surface area contributed by atoms with Gasteiger partial charge in [-0.2, -0.15) is 0 Å². The number of ether oxygens (including phenoxy) is 1. The van der Waals surface area contributed by atoms with Gasteiger partial charge in [0, 0.05) is 5.56 Å². The number of hydrogen-bond donors (Lipinski definition) is 0. The second-order valence-corrected chi connectivity index (χ2v) is 7.35. The maximum Gasteiger partial charge on any atom is 0.118 e. The van der Waals surface area contributed by atoms with Crippen LogP contribution in [-0.4, -0.2) is 17.1 Å². The van der Waals surface area contributed by atoms with E-state index in [1.54, 1.807) is 7.11 Å². The van der Waals surface area contributed by atoms with Crippen LogP contribution in [0.3, 0.4) is 0 Å². The van der Waals surface area contributed by atoms with E-state index in [2.05, 4.69) is 78.4 Å². The van der Waals surface area contributed by atoms with E-state index >= 15 is 0 Å². The van der Waals surface area contributed by atoms with Crippen LogP contribution in [0, 0.1) is 13.8 Å². The molecule has 3 nitrogen and oxygen atoms in total. The molecule has 0 aliphatic carbocycles. The molecule has 1 aromatic heterocycles. The van der Waals surface area contributed by atoms with E-state index in [-0.39, 0.29) is 0 Å². The zero-order chi connectivity index (χ0) is 20.9. The lowest BCUT2D eigenvalue weighted by atomic mass is 9.95. The molecular formula is C27H24N2O. The lowest BCUT2D eigenvalue weighted by Crippen LogP contribution is -1.92. The van der Waals surface area contributed by atoms with Crippen molar-refractivity contribution >= 4 is 11.6 Å². The summed E-state index contributed by atoms with van der Waals surface area (Å²) in [6.07, 6.45) is 5.73. The van der Waals surface area contributed by atoms with Crippen molar-refractivity contribution in [3.8, 4) is 17.0 Å². The predicted octanol–water partition coefficient (Wildman–Crippen LogP) is 6.36. The Balaban J connectivity index is 1.70. The third kappa shape index (κ3) is 4.47. The first-order valence-electron chi connectivity index (χ1n) is 9.94. The molecule has 4 rings (SSSR count). The Hall–Kier alpha value is -3.72. The van der Waals surface area contributed by atoms with Gasteiger partial charge in [-0.25, -0.2) is 0 Å². The summed E-state index contributed by atoms with van der Waals surface area (Å²) in [4.78, 5) is 9.28. The molecule has 1 heterocycles. The molecule has 0 amide bonds. The minimum atomic E-state index is 0.823. The van der Waals surface area contributed by atoms with Gasteiger partial charge in [-0.1, -0.05) is 59.7 Å². The van der Waals surface area contributed by atoms with Crippen molar-refractivity contribution in [3.63, 3.8) is 0 Å². The molecule has 0 spiro atoms. The van der Waals surface area contributed by atoms with Gasteiger partial charge >= 0.3 is 0 Å². The first-order valence-corrected chi connectivity index (χ1v) is 9.94. The standard InChI is InChI=1S/C27H24N2O/c1-19-4-8-21(9-5-19)26(22-10-6-20(2)7-11-22)16-24-17-29-27(18-28-24)23-12-14-25(30-3)15-13-23/h4-18H,1-3H3. The van der Waals surface area contributed by atoms with Crippen LogP contribution in [0.5, 0.6) is 5.75 Å². The highest BCUT2D eigenvalue weighted by molar-refractivity contribution is 5.90. The van der Waals surface area contributed by atoms with Crippen molar-refractivity contribution in [1.29, 1.82) is 0 Å². The molecule has 0 N–H and O–H groups in total. The van der Waals surface area contributed by atoms with E-state index in [4.69, 9.17) is 4.74 Å². The van der Waals surface area contributed by atoms with Crippen LogP contribution in [0.2, 0.25) is 0 Å². The summed E-state index contributed by atoms with van der Waals surface area (Å²) in [6, 6.07) is 25.0. The molecule has 0 saturated carbocycles. The molecular weight excluding hydrogens is 368 g/mol. The van der Waals surface area contributed by atoms with Gasteiger partial charge in [0.2, 0.25) is 0 Å². The maximum atomic E-state index is 5.22. The summed E-state index contributed by atoms with van der Waals surface area (Å²) in [5.74, 6) is 0.826. The molecule has 0 saturated heterocycles. The average molecular weight is 393 g/mol. The van der Waals surface area contributed by atoms with Gasteiger partial charge in [0.25, 0.3) is 0 Å². The van der Waals surface area contributed by atoms with Gasteiger partial charge in [-0.3, -0.25) is 9.97 Å². The normalized spacial score (nSPS) is 10.5. The lowest BCUT2D eigenvalue weighted by molar-refractivity contribution is 0.415. The molecule has 0 bridgehead atoms. The average Bonchev–Trinajstić information content (AvgIpc) is 2.79. The molecule has 4 aromatic rings. The van der Waals surface area contributed by atoms with Crippen LogP contribution >= 0.6 is 0 Å². The number of rotatable bonds is 5. The SMILES string of the molecule is COc1ccc(-c2cnc(C=C(c3ccc(C)cc3)c3ccc(C)cc3)cn2)cc1. The van der Waals surface area contributed by atoms with Crippen molar-refractivity contribution in [3.05, 3.63) is 113 Å². The smallest absolute Gasteiger partial charge is 0.118 e. The molecule has 0 fully saturated rings. The molecule has 0 radical (unpaired) electrons. The van der Waals surface area contributed by atoms with Gasteiger partial charge in [0.15, 0.2) is 0 Å². The van der Waals surface area contributed by atoms with Gasteiger partial charge < -0.3 is 4.74 Å². The molecule has 0 aliphatic heterocycles. The Morgan fingerprint density at radius 2 is 1.27 bits per heavy atom. The zero-order valence-corrected chi connectivity index (χ0v) is 17.5. The molecule has 0 aliphatic rings. The van der Waals surface area contributed by atoms with Gasteiger partial charge in [0.05, 0.1) is 30.9 Å². The maximum absolute atomic E-state index is 5.22. The molecule has 3 aromatic carbocycles. The number of methoxy groups -OCH3 is 1. The summed E-state index contributed by atoms with van der Waals surface area (Å²) in [7, 11) is 1.66. The summed E-state index contributed by atoms with van der Waals surface area (Å²) < 4.78 is 5.22. The van der Waals surface area contributed by atoms with Crippen LogP contribution in [0.15, 0.2) is 85.2 Å². The second-order valence-electron chi connectivity index (χ2n) is 7.35. The van der Waals surface area contributed by atoms with E-state index in [1.165, 1.54) is 11.1 Å². The molecule has 0 unspecified atom stereocenters. The fourth-order valence-corrected chi connectivity index (χ4v) is 3.27. The number of hydrogen-bond acceptors (Lipinski definition) is 3. The molecule has 3 heteroatoms. The van der Waals surface area contributed by atoms with Crippen LogP contribution in [-0.2, 0) is 0 Å². The number of benzene rings is 3. The predicted molar refractivity (Wildman–Crippen MR) is 123 cm³/mol. The minimum absolute atomic E-state index is 0.823. The third-order valence-corrected chi connectivity index (χ3v) is 5.07. The van der Waals surface area contributed by atoms with E-state index in [0.717, 1.165) is 39.4 Å². The Labute approximate surface area is 177 Å². The number of aryl methyl sites for hydroxylation is 2. The van der Waals surface area contributed by atoms with Crippen molar-refractivity contribution < 1.29 is 4.74 Å². The minimum Gasteiger partial charge on any atom is -0.497 e. The van der Waals surface area contributed by atoms with Crippen LogP contribution in [0.25, 0.3) is 22.9 Å². The number of nitrogens with zero attached hydrogens (tertiary/aromatic N) is 2. The topological polar surface area (TPSA) is 35.0 Å². The van der Waals surface area contributed by atoms with Crippen molar-refractivity contribution in [2.45, 2.75) is 13.8 Å². The Bertz CT molecular complexity index is 1090. The van der Waals surface area contributed by atoms with Crippen molar-refractivity contribution in [2.24, 2.45) is 0 Å². The summed E-state index contributed by atoms with van der Waals surface area (Å²) in [6.45, 7) is 4.20. The highest BCUT2D eigenvalue weighted by Crippen LogP contribution is 2.27. The van der Waals surface area contributed by atoms with Crippen molar-refractivity contribution in [2.75, 3.05) is 7.11 Å². The van der Waals surface area contributed by atoms with E-state index in [0.29, 0.717) is 0 Å². The van der Waals surface area contributed by atoms with E-state index in [1.807, 2.05) is 36.7 Å². The Morgan fingerprint density at radius 1 is 0.700 bits per heavy atom. The van der Waals surface area contributed by atoms with Gasteiger partial charge in [0.1, 0.15) is 5.75 Å². The fourth-order valence-electron chi connectivity index (χ4n) is 3.27. The lowest BCUT2D eigenvalue weighted by Gasteiger charge is -2.10. The van der Waals surface area contributed by atoms with E-state index < -0.39 is 0 Å². The molecule has 148 valence electrons. The summed E-state index contributed by atoms with van der Waals surface area (Å²) in [5.41, 5.74) is 8.59. The second kappa shape index (κ2) is 8.75. The summed E-state index contributed by atoms with van der Waals surface area (Å²) in [5, 5.41) is 0. The van der Waals surface area contributed by atoms with Gasteiger partial charge in [-0.05, 0) is 60.9 Å². The highest BCUT2D eigenvalue weighted by Gasteiger charge is 2.07. The Kier molecular flexibility index (Phi) is 5.71.